The summed E-state index contributed by atoms with van der Waals surface area (Å²) in [7, 11) is 0. The lowest BCUT2D eigenvalue weighted by atomic mass is 10.2. The molecule has 128 valence electrons. The third-order valence-corrected chi connectivity index (χ3v) is 4.54. The average molecular weight is 382 g/mol. The van der Waals surface area contributed by atoms with Crippen molar-refractivity contribution in [1.82, 2.24) is 4.57 Å². The standard InChI is InChI=1S/C20H13Cl2N3O/c21-13-10-11-17(16(22)12-13)23-24-19-15-8-4-5-9-18(15)25(20(19)26)14-6-2-1-3-7-14/h1-12,26H. The van der Waals surface area contributed by atoms with Gasteiger partial charge >= 0.3 is 0 Å². The van der Waals surface area contributed by atoms with Crippen molar-refractivity contribution in [2.45, 2.75) is 0 Å². The Balaban J connectivity index is 1.88. The van der Waals surface area contributed by atoms with Crippen LogP contribution in [0.5, 0.6) is 5.88 Å². The first kappa shape index (κ1) is 16.6. The molecule has 0 bridgehead atoms. The molecular weight excluding hydrogens is 369 g/mol. The molecule has 4 aromatic rings. The molecule has 0 fully saturated rings. The van der Waals surface area contributed by atoms with E-state index in [0.717, 1.165) is 16.6 Å². The molecule has 0 aliphatic rings. The molecule has 26 heavy (non-hydrogen) atoms. The van der Waals surface area contributed by atoms with E-state index in [9.17, 15) is 5.11 Å². The van der Waals surface area contributed by atoms with E-state index >= 15 is 0 Å². The van der Waals surface area contributed by atoms with Gasteiger partial charge in [0.1, 0.15) is 5.69 Å². The third-order valence-electron chi connectivity index (χ3n) is 4.01. The van der Waals surface area contributed by atoms with Crippen LogP contribution < -0.4 is 0 Å². The van der Waals surface area contributed by atoms with Crippen molar-refractivity contribution in [1.29, 1.82) is 0 Å². The number of rotatable bonds is 3. The van der Waals surface area contributed by atoms with Gasteiger partial charge in [0.15, 0.2) is 5.69 Å². The van der Waals surface area contributed by atoms with Crippen molar-refractivity contribution < 1.29 is 5.11 Å². The second kappa shape index (κ2) is 6.83. The number of hydrogen-bond donors (Lipinski definition) is 1. The summed E-state index contributed by atoms with van der Waals surface area (Å²) in [5.41, 5.74) is 2.54. The lowest BCUT2D eigenvalue weighted by molar-refractivity contribution is 0.446. The SMILES string of the molecule is Oc1c(N=Nc2ccc(Cl)cc2Cl)c2ccccc2n1-c1ccccc1. The second-order valence-corrected chi connectivity index (χ2v) is 6.50. The van der Waals surface area contributed by atoms with Gasteiger partial charge in [0, 0.05) is 16.1 Å². The van der Waals surface area contributed by atoms with Crippen LogP contribution in [0.15, 0.2) is 83.0 Å². The molecule has 0 saturated heterocycles. The summed E-state index contributed by atoms with van der Waals surface area (Å²) in [5.74, 6) is 0.0197. The predicted octanol–water partition coefficient (Wildman–Crippen LogP) is 7.06. The molecule has 0 spiro atoms. The molecule has 1 heterocycles. The smallest absolute Gasteiger partial charge is 0.225 e. The van der Waals surface area contributed by atoms with Crippen LogP contribution in [0.2, 0.25) is 10.0 Å². The zero-order valence-electron chi connectivity index (χ0n) is 13.5. The van der Waals surface area contributed by atoms with Crippen LogP contribution in [0.3, 0.4) is 0 Å². The molecule has 0 amide bonds. The van der Waals surface area contributed by atoms with Crippen LogP contribution in [-0.2, 0) is 0 Å². The van der Waals surface area contributed by atoms with E-state index in [1.807, 2.05) is 54.6 Å². The quantitative estimate of drug-likeness (QED) is 0.379. The minimum Gasteiger partial charge on any atom is -0.493 e. The molecule has 6 heteroatoms. The monoisotopic (exact) mass is 381 g/mol. The fraction of sp³-hybridized carbons (Fsp3) is 0. The zero-order valence-corrected chi connectivity index (χ0v) is 15.0. The number of aromatic hydroxyl groups is 1. The fourth-order valence-electron chi connectivity index (χ4n) is 2.81. The predicted molar refractivity (Wildman–Crippen MR) is 106 cm³/mol. The molecule has 0 atom stereocenters. The first-order valence-electron chi connectivity index (χ1n) is 7.90. The first-order chi connectivity index (χ1) is 12.6. The van der Waals surface area contributed by atoms with E-state index < -0.39 is 0 Å². The highest BCUT2D eigenvalue weighted by Crippen LogP contribution is 2.41. The fourth-order valence-corrected chi connectivity index (χ4v) is 3.26. The summed E-state index contributed by atoms with van der Waals surface area (Å²) in [6.07, 6.45) is 0. The lowest BCUT2D eigenvalue weighted by Gasteiger charge is -2.06. The molecule has 0 unspecified atom stereocenters. The van der Waals surface area contributed by atoms with Crippen LogP contribution >= 0.6 is 23.2 Å². The highest BCUT2D eigenvalue weighted by Gasteiger charge is 2.17. The molecule has 4 nitrogen and oxygen atoms in total. The summed E-state index contributed by atoms with van der Waals surface area (Å²) >= 11 is 12.1. The van der Waals surface area contributed by atoms with Gasteiger partial charge in [-0.2, -0.15) is 0 Å². The lowest BCUT2D eigenvalue weighted by Crippen LogP contribution is -1.91. The Kier molecular flexibility index (Phi) is 4.37. The minimum absolute atomic E-state index is 0.0197. The Morgan fingerprint density at radius 2 is 1.54 bits per heavy atom. The van der Waals surface area contributed by atoms with Gasteiger partial charge in [-0.3, -0.25) is 4.57 Å². The number of azo groups is 1. The van der Waals surface area contributed by atoms with E-state index in [-0.39, 0.29) is 5.88 Å². The zero-order chi connectivity index (χ0) is 18.1. The van der Waals surface area contributed by atoms with Gasteiger partial charge in [-0.15, -0.1) is 10.2 Å². The van der Waals surface area contributed by atoms with Crippen molar-refractivity contribution >= 4 is 45.5 Å². The normalized spacial score (nSPS) is 11.5. The maximum absolute atomic E-state index is 10.8. The van der Waals surface area contributed by atoms with Gasteiger partial charge in [-0.25, -0.2) is 0 Å². The summed E-state index contributed by atoms with van der Waals surface area (Å²) in [6.45, 7) is 0. The number of hydrogen-bond acceptors (Lipinski definition) is 3. The van der Waals surface area contributed by atoms with Gasteiger partial charge in [0.25, 0.3) is 0 Å². The first-order valence-corrected chi connectivity index (χ1v) is 8.65. The molecule has 0 radical (unpaired) electrons. The van der Waals surface area contributed by atoms with E-state index in [1.165, 1.54) is 0 Å². The largest absolute Gasteiger partial charge is 0.493 e. The molecule has 0 saturated carbocycles. The molecule has 1 aromatic heterocycles. The molecule has 1 N–H and O–H groups in total. The molecule has 3 aromatic carbocycles. The van der Waals surface area contributed by atoms with Gasteiger partial charge in [0.05, 0.1) is 10.5 Å². The summed E-state index contributed by atoms with van der Waals surface area (Å²) in [6, 6.07) is 22.2. The molecule has 0 aliphatic carbocycles. The molecular formula is C20H13Cl2N3O. The van der Waals surface area contributed by atoms with Crippen molar-refractivity contribution in [3.8, 4) is 11.6 Å². The maximum Gasteiger partial charge on any atom is 0.225 e. The van der Waals surface area contributed by atoms with Gasteiger partial charge in [-0.1, -0.05) is 59.6 Å². The van der Waals surface area contributed by atoms with Crippen molar-refractivity contribution in [2.24, 2.45) is 10.2 Å². The number of nitrogens with zero attached hydrogens (tertiary/aromatic N) is 3. The molecule has 4 rings (SSSR count). The highest BCUT2D eigenvalue weighted by molar-refractivity contribution is 6.36. The number of aromatic nitrogens is 1. The molecule has 0 aliphatic heterocycles. The van der Waals surface area contributed by atoms with Crippen LogP contribution in [0.4, 0.5) is 11.4 Å². The highest BCUT2D eigenvalue weighted by atomic mass is 35.5. The summed E-state index contributed by atoms with van der Waals surface area (Å²) < 4.78 is 1.74. The van der Waals surface area contributed by atoms with Crippen LogP contribution in [0.1, 0.15) is 0 Å². The average Bonchev–Trinajstić information content (AvgIpc) is 2.93. The Hall–Kier alpha value is -2.82. The van der Waals surface area contributed by atoms with Crippen molar-refractivity contribution in [3.63, 3.8) is 0 Å². The Bertz CT molecular complexity index is 1120. The van der Waals surface area contributed by atoms with Crippen LogP contribution in [0.25, 0.3) is 16.6 Å². The summed E-state index contributed by atoms with van der Waals surface area (Å²) in [5, 5.41) is 21.0. The summed E-state index contributed by atoms with van der Waals surface area (Å²) in [4.78, 5) is 0. The van der Waals surface area contributed by atoms with Gasteiger partial charge in [-0.05, 0) is 36.4 Å². The Labute approximate surface area is 159 Å². The number of para-hydroxylation sites is 2. The minimum atomic E-state index is 0.0197. The van der Waals surface area contributed by atoms with E-state index in [2.05, 4.69) is 10.2 Å². The number of benzene rings is 3. The van der Waals surface area contributed by atoms with E-state index in [4.69, 9.17) is 23.2 Å². The Morgan fingerprint density at radius 3 is 2.31 bits per heavy atom. The van der Waals surface area contributed by atoms with E-state index in [0.29, 0.717) is 21.4 Å². The number of halogens is 2. The number of fused-ring (bicyclic) bond motifs is 1. The third kappa shape index (κ3) is 2.94. The van der Waals surface area contributed by atoms with Crippen LogP contribution in [0, 0.1) is 0 Å². The topological polar surface area (TPSA) is 49.9 Å². The maximum atomic E-state index is 10.8. The Morgan fingerprint density at radius 1 is 0.808 bits per heavy atom. The van der Waals surface area contributed by atoms with Crippen LogP contribution in [-0.4, -0.2) is 9.67 Å². The van der Waals surface area contributed by atoms with E-state index in [1.54, 1.807) is 22.8 Å². The van der Waals surface area contributed by atoms with Crippen molar-refractivity contribution in [2.75, 3.05) is 0 Å². The second-order valence-electron chi connectivity index (χ2n) is 5.66. The van der Waals surface area contributed by atoms with Crippen molar-refractivity contribution in [3.05, 3.63) is 82.8 Å². The van der Waals surface area contributed by atoms with Gasteiger partial charge < -0.3 is 5.11 Å². The van der Waals surface area contributed by atoms with Gasteiger partial charge in [0.2, 0.25) is 5.88 Å².